The number of methoxy groups -OCH3 is 1. The molecule has 0 fully saturated rings. The van der Waals surface area contributed by atoms with Crippen LogP contribution in [0.4, 0.5) is 0 Å². The Morgan fingerprint density at radius 2 is 1.55 bits per heavy atom. The highest BCUT2D eigenvalue weighted by Gasteiger charge is 2.22. The zero-order valence-corrected chi connectivity index (χ0v) is 23.8. The SMILES string of the molecule is COc1ccccc1OCCN(CCC(=O)OOc1cccc2[nH]c3ccccc3c12)C(=O)c1ccccc1CO[N+](=O)[O-]. The first-order chi connectivity index (χ1) is 21.4. The van der Waals surface area contributed by atoms with Crippen molar-refractivity contribution >= 4 is 33.7 Å². The monoisotopic (exact) mass is 599 g/mol. The van der Waals surface area contributed by atoms with Gasteiger partial charge in [-0.2, -0.15) is 0 Å². The van der Waals surface area contributed by atoms with E-state index in [0.717, 1.165) is 21.8 Å². The van der Waals surface area contributed by atoms with Gasteiger partial charge in [0.1, 0.15) is 13.2 Å². The van der Waals surface area contributed by atoms with E-state index in [-0.39, 0.29) is 31.7 Å². The lowest BCUT2D eigenvalue weighted by Crippen LogP contribution is -2.37. The Hall–Kier alpha value is -5.78. The summed E-state index contributed by atoms with van der Waals surface area (Å²) in [6, 6.07) is 26.5. The normalized spacial score (nSPS) is 10.8. The number of fused-ring (bicyclic) bond motifs is 3. The van der Waals surface area contributed by atoms with Crippen LogP contribution >= 0.6 is 0 Å². The number of aromatic nitrogens is 1. The summed E-state index contributed by atoms with van der Waals surface area (Å²) in [6.07, 6.45) is -0.197. The second-order valence-electron chi connectivity index (χ2n) is 9.58. The van der Waals surface area contributed by atoms with Crippen molar-refractivity contribution < 1.29 is 38.8 Å². The van der Waals surface area contributed by atoms with Crippen molar-refractivity contribution in [2.45, 2.75) is 13.0 Å². The van der Waals surface area contributed by atoms with Crippen molar-refractivity contribution in [2.24, 2.45) is 0 Å². The lowest BCUT2D eigenvalue weighted by Gasteiger charge is -2.24. The van der Waals surface area contributed by atoms with Crippen LogP contribution in [0.15, 0.2) is 91.0 Å². The third-order valence-electron chi connectivity index (χ3n) is 6.85. The van der Waals surface area contributed by atoms with E-state index in [2.05, 4.69) is 9.82 Å². The summed E-state index contributed by atoms with van der Waals surface area (Å²) < 4.78 is 11.2. The van der Waals surface area contributed by atoms with E-state index in [1.807, 2.05) is 30.3 Å². The van der Waals surface area contributed by atoms with Crippen molar-refractivity contribution in [3.63, 3.8) is 0 Å². The number of H-pyrrole nitrogens is 1. The van der Waals surface area contributed by atoms with Crippen LogP contribution in [0.2, 0.25) is 0 Å². The molecule has 0 saturated carbocycles. The lowest BCUT2D eigenvalue weighted by atomic mass is 10.1. The highest BCUT2D eigenvalue weighted by molar-refractivity contribution is 6.10. The smallest absolute Gasteiger partial charge is 0.357 e. The number of amides is 1. The van der Waals surface area contributed by atoms with Gasteiger partial charge < -0.3 is 24.2 Å². The van der Waals surface area contributed by atoms with Gasteiger partial charge in [0, 0.05) is 23.0 Å². The average Bonchev–Trinajstić information content (AvgIpc) is 3.43. The summed E-state index contributed by atoms with van der Waals surface area (Å²) in [7, 11) is 1.52. The third kappa shape index (κ3) is 6.98. The van der Waals surface area contributed by atoms with Crippen LogP contribution in [0.1, 0.15) is 22.3 Å². The molecule has 4 aromatic carbocycles. The number of ether oxygens (including phenoxy) is 2. The molecule has 0 spiro atoms. The number of hydrogen-bond acceptors (Lipinski definition) is 9. The van der Waals surface area contributed by atoms with Gasteiger partial charge in [0.15, 0.2) is 17.2 Å². The van der Waals surface area contributed by atoms with E-state index in [1.54, 1.807) is 60.7 Å². The molecular weight excluding hydrogens is 570 g/mol. The first-order valence-corrected chi connectivity index (χ1v) is 13.7. The zero-order valence-electron chi connectivity index (χ0n) is 23.8. The molecule has 1 amide bonds. The van der Waals surface area contributed by atoms with Gasteiger partial charge >= 0.3 is 5.97 Å². The third-order valence-corrected chi connectivity index (χ3v) is 6.85. The second kappa shape index (κ2) is 13.9. The number of rotatable bonds is 14. The molecule has 12 nitrogen and oxygen atoms in total. The molecule has 44 heavy (non-hydrogen) atoms. The van der Waals surface area contributed by atoms with Gasteiger partial charge in [-0.1, -0.05) is 54.6 Å². The van der Waals surface area contributed by atoms with Gasteiger partial charge in [-0.05, 0) is 42.0 Å². The topological polar surface area (TPSA) is 142 Å². The van der Waals surface area contributed by atoms with Crippen LogP contribution in [-0.4, -0.2) is 53.7 Å². The number of hydrogen-bond donors (Lipinski definition) is 1. The summed E-state index contributed by atoms with van der Waals surface area (Å²) >= 11 is 0. The Kier molecular flexibility index (Phi) is 9.40. The van der Waals surface area contributed by atoms with Gasteiger partial charge in [-0.3, -0.25) is 14.6 Å². The molecule has 0 aliphatic rings. The standard InChI is InChI=1S/C32H29N3O9/c1-40-27-14-6-7-15-28(27)41-20-19-34(32(37)23-10-3-2-9-22(23)21-42-35(38)39)18-17-30(36)44-43-29-16-8-13-26-31(29)24-11-4-5-12-25(24)33-26/h2-16,33H,17-21H2,1H3. The quantitative estimate of drug-likeness (QED) is 0.0996. The van der Waals surface area contributed by atoms with Crippen LogP contribution in [-0.2, 0) is 21.1 Å². The van der Waals surface area contributed by atoms with Gasteiger partial charge in [-0.25, -0.2) is 4.79 Å². The molecule has 5 aromatic rings. The lowest BCUT2D eigenvalue weighted by molar-refractivity contribution is -0.763. The zero-order chi connectivity index (χ0) is 30.9. The summed E-state index contributed by atoms with van der Waals surface area (Å²) in [5.41, 5.74) is 2.26. The van der Waals surface area contributed by atoms with Crippen LogP contribution < -0.4 is 14.4 Å². The van der Waals surface area contributed by atoms with E-state index >= 15 is 0 Å². The van der Waals surface area contributed by atoms with Crippen molar-refractivity contribution in [3.05, 3.63) is 112 Å². The minimum Gasteiger partial charge on any atom is -0.493 e. The molecule has 0 atom stereocenters. The Balaban J connectivity index is 1.28. The minimum absolute atomic E-state index is 0.0436. The van der Waals surface area contributed by atoms with Crippen LogP contribution in [0.3, 0.4) is 0 Å². The van der Waals surface area contributed by atoms with E-state index in [1.165, 1.54) is 12.0 Å². The molecule has 5 rings (SSSR count). The number of aromatic amines is 1. The molecule has 1 aromatic heterocycles. The number of nitrogens with one attached hydrogen (secondary N) is 1. The average molecular weight is 600 g/mol. The highest BCUT2D eigenvalue weighted by Crippen LogP contribution is 2.33. The van der Waals surface area contributed by atoms with Crippen LogP contribution in [0, 0.1) is 10.1 Å². The van der Waals surface area contributed by atoms with Crippen LogP contribution in [0.25, 0.3) is 21.8 Å². The molecule has 12 heteroatoms. The molecule has 0 unspecified atom stereocenters. The molecule has 1 N–H and O–H groups in total. The summed E-state index contributed by atoms with van der Waals surface area (Å²) in [5, 5.41) is 11.5. The second-order valence-corrected chi connectivity index (χ2v) is 9.58. The summed E-state index contributed by atoms with van der Waals surface area (Å²) in [6.45, 7) is -0.286. The molecule has 226 valence electrons. The molecule has 0 saturated heterocycles. The highest BCUT2D eigenvalue weighted by atomic mass is 17.2. The van der Waals surface area contributed by atoms with Crippen molar-refractivity contribution in [3.8, 4) is 17.2 Å². The fourth-order valence-corrected chi connectivity index (χ4v) is 4.76. The molecule has 0 radical (unpaired) electrons. The number of benzene rings is 4. The van der Waals surface area contributed by atoms with E-state index < -0.39 is 23.6 Å². The molecule has 0 aliphatic carbocycles. The molecule has 1 heterocycles. The maximum Gasteiger partial charge on any atom is 0.357 e. The van der Waals surface area contributed by atoms with Crippen molar-refractivity contribution in [1.82, 2.24) is 9.88 Å². The van der Waals surface area contributed by atoms with E-state index in [0.29, 0.717) is 22.8 Å². The van der Waals surface area contributed by atoms with Gasteiger partial charge in [-0.15, -0.1) is 10.1 Å². The van der Waals surface area contributed by atoms with E-state index in [9.17, 15) is 19.7 Å². The molecule has 0 bridgehead atoms. The Morgan fingerprint density at radius 3 is 2.36 bits per heavy atom. The minimum atomic E-state index is -0.924. The van der Waals surface area contributed by atoms with E-state index in [4.69, 9.17) is 19.2 Å². The first kappa shape index (κ1) is 29.7. The number of para-hydroxylation sites is 3. The van der Waals surface area contributed by atoms with Gasteiger partial charge in [0.25, 0.3) is 11.0 Å². The Morgan fingerprint density at radius 1 is 0.841 bits per heavy atom. The fourth-order valence-electron chi connectivity index (χ4n) is 4.76. The van der Waals surface area contributed by atoms with Gasteiger partial charge in [0.2, 0.25) is 0 Å². The summed E-state index contributed by atoms with van der Waals surface area (Å²) in [4.78, 5) is 57.1. The predicted octanol–water partition coefficient (Wildman–Crippen LogP) is 5.49. The summed E-state index contributed by atoms with van der Waals surface area (Å²) in [5.74, 6) is 0.218. The fraction of sp³-hybridized carbons (Fsp3) is 0.188. The number of carbonyl (C=O) groups is 2. The molecule has 0 aliphatic heterocycles. The predicted molar refractivity (Wildman–Crippen MR) is 160 cm³/mol. The molecular formula is C32H29N3O9. The number of carbonyl (C=O) groups excluding carboxylic acids is 2. The van der Waals surface area contributed by atoms with Gasteiger partial charge in [0.05, 0.1) is 31.0 Å². The van der Waals surface area contributed by atoms with Crippen molar-refractivity contribution in [1.29, 1.82) is 0 Å². The maximum atomic E-state index is 13.6. The Bertz CT molecular complexity index is 1790. The number of nitrogens with zero attached hydrogens (tertiary/aromatic N) is 2. The Labute approximate surface area is 251 Å². The maximum absolute atomic E-state index is 13.6. The largest absolute Gasteiger partial charge is 0.493 e. The van der Waals surface area contributed by atoms with Crippen LogP contribution in [0.5, 0.6) is 17.2 Å². The first-order valence-electron chi connectivity index (χ1n) is 13.7. The van der Waals surface area contributed by atoms with Crippen molar-refractivity contribution in [2.75, 3.05) is 26.8 Å².